The molecule has 114 valence electrons. The zero-order chi connectivity index (χ0) is 15.6. The van der Waals surface area contributed by atoms with Gasteiger partial charge >= 0.3 is 0 Å². The minimum Gasteiger partial charge on any atom is -0.361 e. The Bertz CT molecular complexity index is 722. The monoisotopic (exact) mass is 311 g/mol. The molecule has 2 heterocycles. The van der Waals surface area contributed by atoms with Gasteiger partial charge in [0.1, 0.15) is 10.7 Å². The van der Waals surface area contributed by atoms with Crippen molar-refractivity contribution in [3.05, 3.63) is 35.3 Å². The lowest BCUT2D eigenvalue weighted by molar-refractivity contribution is 0.391. The summed E-state index contributed by atoms with van der Waals surface area (Å²) < 4.78 is 32.5. The second-order valence-corrected chi connectivity index (χ2v) is 6.26. The molecular formula is C12H17N5O3S. The molecular weight excluding hydrogens is 294 g/mol. The van der Waals surface area contributed by atoms with Crippen LogP contribution in [0.2, 0.25) is 0 Å². The quantitative estimate of drug-likeness (QED) is 0.556. The molecule has 0 saturated carbocycles. The number of hydrazine groups is 1. The molecule has 4 N–H and O–H groups in total. The van der Waals surface area contributed by atoms with Gasteiger partial charge in [0.15, 0.2) is 5.82 Å². The molecule has 0 saturated heterocycles. The summed E-state index contributed by atoms with van der Waals surface area (Å²) in [5, 5.41) is 3.82. The maximum absolute atomic E-state index is 12.4. The third-order valence-corrected chi connectivity index (χ3v) is 4.62. The first kappa shape index (κ1) is 15.4. The van der Waals surface area contributed by atoms with Gasteiger partial charge in [0.2, 0.25) is 10.0 Å². The van der Waals surface area contributed by atoms with Crippen LogP contribution in [0.3, 0.4) is 0 Å². The van der Waals surface area contributed by atoms with E-state index in [2.05, 4.69) is 20.3 Å². The number of anilines is 1. The molecule has 0 bridgehead atoms. The number of aromatic nitrogens is 2. The second-order valence-electron chi connectivity index (χ2n) is 4.58. The molecule has 0 radical (unpaired) electrons. The van der Waals surface area contributed by atoms with E-state index < -0.39 is 16.1 Å². The number of hydrogen-bond acceptors (Lipinski definition) is 7. The molecule has 0 amide bonds. The molecule has 0 aliphatic rings. The number of hydrogen-bond donors (Lipinski definition) is 3. The van der Waals surface area contributed by atoms with Crippen molar-refractivity contribution >= 4 is 15.8 Å². The van der Waals surface area contributed by atoms with Gasteiger partial charge in [-0.3, -0.25) is 0 Å². The fourth-order valence-electron chi connectivity index (χ4n) is 2.18. The van der Waals surface area contributed by atoms with Crippen LogP contribution in [0.25, 0.3) is 0 Å². The Hall–Kier alpha value is -1.97. The predicted molar refractivity (Wildman–Crippen MR) is 76.8 cm³/mol. The van der Waals surface area contributed by atoms with Crippen molar-refractivity contribution in [1.82, 2.24) is 14.9 Å². The normalized spacial score (nSPS) is 13.1. The second kappa shape index (κ2) is 5.80. The van der Waals surface area contributed by atoms with Gasteiger partial charge in [-0.15, -0.1) is 0 Å². The Morgan fingerprint density at radius 2 is 2.10 bits per heavy atom. The third-order valence-electron chi connectivity index (χ3n) is 3.05. The highest BCUT2D eigenvalue weighted by molar-refractivity contribution is 7.89. The topological polar surface area (TPSA) is 123 Å². The predicted octanol–water partition coefficient (Wildman–Crippen LogP) is 1.01. The molecule has 9 heteroatoms. The fourth-order valence-corrected chi connectivity index (χ4v) is 3.51. The van der Waals surface area contributed by atoms with E-state index in [1.54, 1.807) is 20.8 Å². The molecule has 1 atom stereocenters. The highest BCUT2D eigenvalue weighted by Crippen LogP contribution is 2.24. The van der Waals surface area contributed by atoms with E-state index in [9.17, 15) is 8.42 Å². The number of pyridine rings is 1. The van der Waals surface area contributed by atoms with Gasteiger partial charge < -0.3 is 9.95 Å². The van der Waals surface area contributed by atoms with E-state index >= 15 is 0 Å². The highest BCUT2D eigenvalue weighted by atomic mass is 32.2. The van der Waals surface area contributed by atoms with Gasteiger partial charge in [-0.1, -0.05) is 5.16 Å². The third kappa shape index (κ3) is 3.04. The van der Waals surface area contributed by atoms with Crippen LogP contribution in [0.4, 0.5) is 5.82 Å². The summed E-state index contributed by atoms with van der Waals surface area (Å²) in [4.78, 5) is 3.86. The van der Waals surface area contributed by atoms with Gasteiger partial charge in [-0.05, 0) is 32.9 Å². The van der Waals surface area contributed by atoms with Gasteiger partial charge in [-0.25, -0.2) is 24.0 Å². The van der Waals surface area contributed by atoms with E-state index in [1.807, 2.05) is 0 Å². The van der Waals surface area contributed by atoms with Crippen LogP contribution in [0.1, 0.15) is 30.0 Å². The van der Waals surface area contributed by atoms with Gasteiger partial charge in [0.05, 0.1) is 5.69 Å². The molecule has 0 aliphatic carbocycles. The maximum Gasteiger partial charge on any atom is 0.244 e. The van der Waals surface area contributed by atoms with Crippen molar-refractivity contribution in [2.45, 2.75) is 31.7 Å². The summed E-state index contributed by atoms with van der Waals surface area (Å²) in [5.41, 5.74) is 3.63. The van der Waals surface area contributed by atoms with Crippen LogP contribution in [-0.4, -0.2) is 18.6 Å². The summed E-state index contributed by atoms with van der Waals surface area (Å²) in [6, 6.07) is 2.45. The number of nitrogen functional groups attached to an aromatic ring is 1. The Kier molecular flexibility index (Phi) is 4.26. The fraction of sp³-hybridized carbons (Fsp3) is 0.333. The van der Waals surface area contributed by atoms with Crippen molar-refractivity contribution in [3.63, 3.8) is 0 Å². The van der Waals surface area contributed by atoms with Crippen LogP contribution in [0, 0.1) is 13.8 Å². The first-order valence-corrected chi connectivity index (χ1v) is 7.72. The number of nitrogens with two attached hydrogens (primary N) is 1. The number of rotatable bonds is 5. The number of aryl methyl sites for hydroxylation is 2. The van der Waals surface area contributed by atoms with E-state index in [4.69, 9.17) is 10.4 Å². The van der Waals surface area contributed by atoms with Crippen LogP contribution in [-0.2, 0) is 10.0 Å². The van der Waals surface area contributed by atoms with Crippen LogP contribution >= 0.6 is 0 Å². The Labute approximate surface area is 122 Å². The molecule has 0 aliphatic heterocycles. The van der Waals surface area contributed by atoms with Crippen molar-refractivity contribution in [2.75, 3.05) is 5.43 Å². The maximum atomic E-state index is 12.4. The van der Waals surface area contributed by atoms with Crippen LogP contribution in [0.15, 0.2) is 27.7 Å². The van der Waals surface area contributed by atoms with Crippen molar-refractivity contribution in [2.24, 2.45) is 5.84 Å². The first-order valence-electron chi connectivity index (χ1n) is 6.23. The number of nitrogens with zero attached hydrogens (tertiary/aromatic N) is 2. The van der Waals surface area contributed by atoms with E-state index in [0.717, 1.165) is 0 Å². The average molecular weight is 311 g/mol. The minimum atomic E-state index is -3.79. The molecule has 2 aromatic rings. The molecule has 0 spiro atoms. The summed E-state index contributed by atoms with van der Waals surface area (Å²) in [5.74, 6) is 5.95. The summed E-state index contributed by atoms with van der Waals surface area (Å²) in [6.07, 6.45) is 1.45. The lowest BCUT2D eigenvalue weighted by atomic mass is 10.1. The molecule has 1 unspecified atom stereocenters. The summed E-state index contributed by atoms with van der Waals surface area (Å²) >= 11 is 0. The molecule has 0 aromatic carbocycles. The van der Waals surface area contributed by atoms with E-state index in [1.165, 1.54) is 18.3 Å². The van der Waals surface area contributed by atoms with Crippen molar-refractivity contribution in [3.8, 4) is 0 Å². The standard InChI is InChI=1S/C12H17N5O3S/c1-7-11(9(3)20-16-7)8(2)17-21(18,19)10-5-4-6-14-12(10)15-13/h4-6,8,17H,13H2,1-3H3,(H,14,15). The van der Waals surface area contributed by atoms with E-state index in [-0.39, 0.29) is 10.7 Å². The van der Waals surface area contributed by atoms with Gasteiger partial charge in [0, 0.05) is 17.8 Å². The van der Waals surface area contributed by atoms with Crippen LogP contribution < -0.4 is 16.0 Å². The van der Waals surface area contributed by atoms with Crippen molar-refractivity contribution < 1.29 is 12.9 Å². The largest absolute Gasteiger partial charge is 0.361 e. The Morgan fingerprint density at radius 3 is 2.67 bits per heavy atom. The minimum absolute atomic E-state index is 0.0221. The van der Waals surface area contributed by atoms with Crippen molar-refractivity contribution in [1.29, 1.82) is 0 Å². The zero-order valence-corrected chi connectivity index (χ0v) is 12.7. The lowest BCUT2D eigenvalue weighted by Crippen LogP contribution is -2.29. The highest BCUT2D eigenvalue weighted by Gasteiger charge is 2.25. The Morgan fingerprint density at radius 1 is 1.38 bits per heavy atom. The Balaban J connectivity index is 2.34. The number of sulfonamides is 1. The molecule has 0 fully saturated rings. The van der Waals surface area contributed by atoms with E-state index in [0.29, 0.717) is 17.0 Å². The molecule has 8 nitrogen and oxygen atoms in total. The zero-order valence-electron chi connectivity index (χ0n) is 11.9. The molecule has 21 heavy (non-hydrogen) atoms. The lowest BCUT2D eigenvalue weighted by Gasteiger charge is -2.15. The average Bonchev–Trinajstić information content (AvgIpc) is 2.77. The molecule has 2 rings (SSSR count). The van der Waals surface area contributed by atoms with Gasteiger partial charge in [0.25, 0.3) is 0 Å². The summed E-state index contributed by atoms with van der Waals surface area (Å²) in [7, 11) is -3.79. The smallest absolute Gasteiger partial charge is 0.244 e. The molecule has 2 aromatic heterocycles. The summed E-state index contributed by atoms with van der Waals surface area (Å²) in [6.45, 7) is 5.21. The number of nitrogens with one attached hydrogen (secondary N) is 2. The first-order chi connectivity index (χ1) is 9.86. The SMILES string of the molecule is Cc1noc(C)c1C(C)NS(=O)(=O)c1cccnc1NN. The van der Waals surface area contributed by atoms with Crippen LogP contribution in [0.5, 0.6) is 0 Å². The van der Waals surface area contributed by atoms with Gasteiger partial charge in [-0.2, -0.15) is 0 Å².